The number of piperazine rings is 1. The summed E-state index contributed by atoms with van der Waals surface area (Å²) in [6, 6.07) is 1.90. The van der Waals surface area contributed by atoms with E-state index in [0.29, 0.717) is 23.1 Å². The van der Waals surface area contributed by atoms with E-state index in [1.807, 2.05) is 6.07 Å². The van der Waals surface area contributed by atoms with Crippen molar-refractivity contribution in [1.82, 2.24) is 4.90 Å². The number of thiophene rings is 1. The van der Waals surface area contributed by atoms with Gasteiger partial charge in [-0.05, 0) is 18.9 Å². The van der Waals surface area contributed by atoms with Gasteiger partial charge in [0.2, 0.25) is 0 Å². The summed E-state index contributed by atoms with van der Waals surface area (Å²) in [5, 5.41) is 1.07. The predicted molar refractivity (Wildman–Crippen MR) is 88.2 cm³/mol. The zero-order valence-electron chi connectivity index (χ0n) is 13.1. The Morgan fingerprint density at radius 1 is 1.38 bits per heavy atom. The molecule has 21 heavy (non-hydrogen) atoms. The molecule has 1 aliphatic rings. The standard InChI is InChI=1S/C15H25N3O2S/c1-4-20-15(19)14-12(16)9-13(21-14)18-7-5-17(6-8-18)10-11(2)3/h9,11H,4-8,10,16H2,1-3H3. The molecule has 2 N–H and O–H groups in total. The summed E-state index contributed by atoms with van der Waals surface area (Å²) < 4.78 is 5.03. The molecule has 1 aromatic heterocycles. The van der Waals surface area contributed by atoms with Crippen LogP contribution in [0.15, 0.2) is 6.07 Å². The fourth-order valence-electron chi connectivity index (χ4n) is 2.57. The summed E-state index contributed by atoms with van der Waals surface area (Å²) in [5.74, 6) is 0.383. The molecule has 2 rings (SSSR count). The number of hydrogen-bond donors (Lipinski definition) is 1. The first-order valence-corrected chi connectivity index (χ1v) is 8.36. The molecule has 0 aliphatic carbocycles. The second-order valence-electron chi connectivity index (χ2n) is 5.77. The van der Waals surface area contributed by atoms with Crippen LogP contribution >= 0.6 is 11.3 Å². The van der Waals surface area contributed by atoms with Crippen molar-refractivity contribution in [3.63, 3.8) is 0 Å². The largest absolute Gasteiger partial charge is 0.462 e. The van der Waals surface area contributed by atoms with Crippen LogP contribution in [0, 0.1) is 5.92 Å². The summed E-state index contributed by atoms with van der Waals surface area (Å²) in [6.07, 6.45) is 0. The topological polar surface area (TPSA) is 58.8 Å². The third kappa shape index (κ3) is 4.11. The summed E-state index contributed by atoms with van der Waals surface area (Å²) in [5.41, 5.74) is 6.47. The van der Waals surface area contributed by atoms with Crippen LogP contribution in [0.25, 0.3) is 0 Å². The molecule has 1 aromatic rings. The highest BCUT2D eigenvalue weighted by Crippen LogP contribution is 2.33. The Hall–Kier alpha value is -1.27. The number of rotatable bonds is 5. The zero-order chi connectivity index (χ0) is 15.4. The number of nitrogens with zero attached hydrogens (tertiary/aromatic N) is 2. The van der Waals surface area contributed by atoms with E-state index in [0.717, 1.165) is 37.7 Å². The Balaban J connectivity index is 1.98. The van der Waals surface area contributed by atoms with E-state index in [2.05, 4.69) is 23.6 Å². The van der Waals surface area contributed by atoms with Crippen LogP contribution in [0.3, 0.4) is 0 Å². The first-order valence-electron chi connectivity index (χ1n) is 7.55. The van der Waals surface area contributed by atoms with Crippen molar-refractivity contribution < 1.29 is 9.53 Å². The van der Waals surface area contributed by atoms with E-state index in [-0.39, 0.29) is 5.97 Å². The number of hydrogen-bond acceptors (Lipinski definition) is 6. The van der Waals surface area contributed by atoms with Gasteiger partial charge in [-0.3, -0.25) is 4.90 Å². The lowest BCUT2D eigenvalue weighted by Crippen LogP contribution is -2.47. The molecule has 1 aliphatic heterocycles. The number of esters is 1. The Morgan fingerprint density at radius 3 is 2.62 bits per heavy atom. The third-order valence-electron chi connectivity index (χ3n) is 3.52. The Labute approximate surface area is 130 Å². The second-order valence-corrected chi connectivity index (χ2v) is 6.80. The summed E-state index contributed by atoms with van der Waals surface area (Å²) in [7, 11) is 0. The van der Waals surface area contributed by atoms with Gasteiger partial charge in [0.15, 0.2) is 0 Å². The Kier molecular flexibility index (Phi) is 5.47. The molecule has 0 bridgehead atoms. The van der Waals surface area contributed by atoms with Crippen molar-refractivity contribution in [2.75, 3.05) is 50.0 Å². The van der Waals surface area contributed by atoms with Crippen LogP contribution in [-0.2, 0) is 4.74 Å². The number of ether oxygens (including phenoxy) is 1. The molecule has 0 spiro atoms. The van der Waals surface area contributed by atoms with Gasteiger partial charge in [-0.2, -0.15) is 0 Å². The highest BCUT2D eigenvalue weighted by atomic mass is 32.1. The summed E-state index contributed by atoms with van der Waals surface area (Å²) >= 11 is 1.44. The zero-order valence-corrected chi connectivity index (χ0v) is 13.9. The average Bonchev–Trinajstić information content (AvgIpc) is 2.81. The molecule has 0 amide bonds. The van der Waals surface area contributed by atoms with Crippen molar-refractivity contribution in [2.45, 2.75) is 20.8 Å². The number of carbonyl (C=O) groups excluding carboxylic acids is 1. The number of anilines is 2. The van der Waals surface area contributed by atoms with Crippen LogP contribution in [-0.4, -0.2) is 50.2 Å². The molecular weight excluding hydrogens is 286 g/mol. The maximum Gasteiger partial charge on any atom is 0.350 e. The monoisotopic (exact) mass is 311 g/mol. The van der Waals surface area contributed by atoms with E-state index in [9.17, 15) is 4.79 Å². The maximum absolute atomic E-state index is 11.8. The molecule has 0 radical (unpaired) electrons. The minimum atomic E-state index is -0.315. The molecule has 5 nitrogen and oxygen atoms in total. The highest BCUT2D eigenvalue weighted by Gasteiger charge is 2.22. The first kappa shape index (κ1) is 16.1. The predicted octanol–water partition coefficient (Wildman–Crippen LogP) is 2.29. The summed E-state index contributed by atoms with van der Waals surface area (Å²) in [6.45, 7) is 11.9. The van der Waals surface area contributed by atoms with Crippen molar-refractivity contribution in [1.29, 1.82) is 0 Å². The van der Waals surface area contributed by atoms with Crippen LogP contribution in [0.2, 0.25) is 0 Å². The van der Waals surface area contributed by atoms with Crippen molar-refractivity contribution in [2.24, 2.45) is 5.92 Å². The van der Waals surface area contributed by atoms with Gasteiger partial charge < -0.3 is 15.4 Å². The minimum absolute atomic E-state index is 0.315. The van der Waals surface area contributed by atoms with Gasteiger partial charge in [-0.15, -0.1) is 11.3 Å². The van der Waals surface area contributed by atoms with Gasteiger partial charge in [0.05, 0.1) is 17.3 Å². The van der Waals surface area contributed by atoms with Crippen molar-refractivity contribution in [3.05, 3.63) is 10.9 Å². The molecule has 6 heteroatoms. The van der Waals surface area contributed by atoms with E-state index in [1.165, 1.54) is 11.3 Å². The molecule has 0 aromatic carbocycles. The fraction of sp³-hybridized carbons (Fsp3) is 0.667. The van der Waals surface area contributed by atoms with Gasteiger partial charge in [-0.1, -0.05) is 13.8 Å². The van der Waals surface area contributed by atoms with Crippen LogP contribution < -0.4 is 10.6 Å². The van der Waals surface area contributed by atoms with Gasteiger partial charge in [0, 0.05) is 32.7 Å². The average molecular weight is 311 g/mol. The maximum atomic E-state index is 11.8. The van der Waals surface area contributed by atoms with Crippen LogP contribution in [0.4, 0.5) is 10.7 Å². The molecule has 0 atom stereocenters. The van der Waals surface area contributed by atoms with Gasteiger partial charge in [-0.25, -0.2) is 4.79 Å². The second kappa shape index (κ2) is 7.13. The molecule has 0 unspecified atom stereocenters. The molecule has 0 saturated carbocycles. The normalized spacial score (nSPS) is 16.5. The van der Waals surface area contributed by atoms with Crippen LogP contribution in [0.1, 0.15) is 30.4 Å². The van der Waals surface area contributed by atoms with E-state index < -0.39 is 0 Å². The molecular formula is C15H25N3O2S. The number of nitrogen functional groups attached to an aromatic ring is 1. The molecule has 2 heterocycles. The van der Waals surface area contributed by atoms with E-state index >= 15 is 0 Å². The Morgan fingerprint density at radius 2 is 2.05 bits per heavy atom. The lowest BCUT2D eigenvalue weighted by Gasteiger charge is -2.36. The minimum Gasteiger partial charge on any atom is -0.462 e. The Bertz CT molecular complexity index is 479. The lowest BCUT2D eigenvalue weighted by molar-refractivity contribution is 0.0533. The number of nitrogens with two attached hydrogens (primary N) is 1. The molecule has 118 valence electrons. The van der Waals surface area contributed by atoms with Crippen LogP contribution in [0.5, 0.6) is 0 Å². The number of carbonyl (C=O) groups is 1. The van der Waals surface area contributed by atoms with Crippen molar-refractivity contribution in [3.8, 4) is 0 Å². The molecule has 1 saturated heterocycles. The van der Waals surface area contributed by atoms with Gasteiger partial charge in [0.25, 0.3) is 0 Å². The van der Waals surface area contributed by atoms with Gasteiger partial charge >= 0.3 is 5.97 Å². The molecule has 1 fully saturated rings. The van der Waals surface area contributed by atoms with Crippen molar-refractivity contribution >= 4 is 28.0 Å². The highest BCUT2D eigenvalue weighted by molar-refractivity contribution is 7.18. The van der Waals surface area contributed by atoms with Gasteiger partial charge in [0.1, 0.15) is 4.88 Å². The SMILES string of the molecule is CCOC(=O)c1sc(N2CCN(CC(C)C)CC2)cc1N. The first-order chi connectivity index (χ1) is 10.0. The fourth-order valence-corrected chi connectivity index (χ4v) is 3.60. The third-order valence-corrected chi connectivity index (χ3v) is 4.71. The smallest absolute Gasteiger partial charge is 0.350 e. The summed E-state index contributed by atoms with van der Waals surface area (Å²) in [4.78, 5) is 17.1. The van der Waals surface area contributed by atoms with E-state index in [4.69, 9.17) is 10.5 Å². The lowest BCUT2D eigenvalue weighted by atomic mass is 10.2. The van der Waals surface area contributed by atoms with E-state index in [1.54, 1.807) is 6.92 Å². The quantitative estimate of drug-likeness (QED) is 0.846.